The van der Waals surface area contributed by atoms with Gasteiger partial charge in [0.1, 0.15) is 0 Å². The van der Waals surface area contributed by atoms with E-state index < -0.39 is 0 Å². The second-order valence-corrected chi connectivity index (χ2v) is 4.78. The van der Waals surface area contributed by atoms with E-state index >= 15 is 0 Å². The van der Waals surface area contributed by atoms with Gasteiger partial charge in [0.2, 0.25) is 0 Å². The molecular weight excluding hydrogens is 144 g/mol. The molecule has 0 heteroatoms. The van der Waals surface area contributed by atoms with Gasteiger partial charge >= 0.3 is 0 Å². The highest BCUT2D eigenvalue weighted by Gasteiger charge is 2.23. The SMILES string of the molecule is CCCCC1CCC(C)C(C)C1. The molecule has 1 rings (SSSR count). The highest BCUT2D eigenvalue weighted by atomic mass is 14.3. The summed E-state index contributed by atoms with van der Waals surface area (Å²) in [6, 6.07) is 0. The van der Waals surface area contributed by atoms with Crippen molar-refractivity contribution in [2.45, 2.75) is 59.3 Å². The maximum absolute atomic E-state index is 2.43. The summed E-state index contributed by atoms with van der Waals surface area (Å²) in [6.45, 7) is 7.15. The fraction of sp³-hybridized carbons (Fsp3) is 1.00. The van der Waals surface area contributed by atoms with Crippen LogP contribution in [0.15, 0.2) is 0 Å². The lowest BCUT2D eigenvalue weighted by Gasteiger charge is -2.32. The van der Waals surface area contributed by atoms with Crippen LogP contribution in [0.4, 0.5) is 0 Å². The molecular formula is C12H24. The summed E-state index contributed by atoms with van der Waals surface area (Å²) >= 11 is 0. The summed E-state index contributed by atoms with van der Waals surface area (Å²) in [6.07, 6.45) is 8.81. The van der Waals surface area contributed by atoms with Crippen molar-refractivity contribution < 1.29 is 0 Å². The standard InChI is InChI=1S/C12H24/c1-4-5-6-12-8-7-10(2)11(3)9-12/h10-12H,4-9H2,1-3H3. The molecule has 0 spiro atoms. The topological polar surface area (TPSA) is 0 Å². The van der Waals surface area contributed by atoms with Crippen molar-refractivity contribution in [1.82, 2.24) is 0 Å². The van der Waals surface area contributed by atoms with Crippen LogP contribution < -0.4 is 0 Å². The van der Waals surface area contributed by atoms with Gasteiger partial charge in [0.05, 0.1) is 0 Å². The van der Waals surface area contributed by atoms with Crippen LogP contribution in [-0.2, 0) is 0 Å². The molecule has 1 aliphatic carbocycles. The van der Waals surface area contributed by atoms with Crippen molar-refractivity contribution in [3.05, 3.63) is 0 Å². The Hall–Kier alpha value is 0. The molecule has 0 aliphatic heterocycles. The van der Waals surface area contributed by atoms with Gasteiger partial charge in [-0.3, -0.25) is 0 Å². The molecule has 0 nitrogen and oxygen atoms in total. The van der Waals surface area contributed by atoms with Gasteiger partial charge in [-0.15, -0.1) is 0 Å². The zero-order valence-electron chi connectivity index (χ0n) is 8.97. The van der Waals surface area contributed by atoms with Gasteiger partial charge in [-0.2, -0.15) is 0 Å². The first kappa shape index (κ1) is 10.1. The number of hydrogen-bond donors (Lipinski definition) is 0. The maximum Gasteiger partial charge on any atom is -0.0412 e. The lowest BCUT2D eigenvalue weighted by Crippen LogP contribution is -2.20. The third kappa shape index (κ3) is 2.80. The van der Waals surface area contributed by atoms with Crippen LogP contribution in [0.25, 0.3) is 0 Å². The van der Waals surface area contributed by atoms with Crippen molar-refractivity contribution >= 4 is 0 Å². The van der Waals surface area contributed by atoms with Crippen LogP contribution in [-0.4, -0.2) is 0 Å². The lowest BCUT2D eigenvalue weighted by molar-refractivity contribution is 0.198. The summed E-state index contributed by atoms with van der Waals surface area (Å²) in [7, 11) is 0. The monoisotopic (exact) mass is 168 g/mol. The zero-order valence-corrected chi connectivity index (χ0v) is 8.97. The Morgan fingerprint density at radius 3 is 2.42 bits per heavy atom. The van der Waals surface area contributed by atoms with E-state index in [-0.39, 0.29) is 0 Å². The molecule has 0 saturated heterocycles. The van der Waals surface area contributed by atoms with Gasteiger partial charge in [-0.25, -0.2) is 0 Å². The average Bonchev–Trinajstić information content (AvgIpc) is 2.07. The minimum atomic E-state index is 0.987. The minimum Gasteiger partial charge on any atom is -0.0654 e. The van der Waals surface area contributed by atoms with Crippen LogP contribution in [0, 0.1) is 17.8 Å². The minimum absolute atomic E-state index is 0.987. The molecule has 0 aromatic heterocycles. The Kier molecular flexibility index (Phi) is 4.11. The number of hydrogen-bond acceptors (Lipinski definition) is 0. The predicted octanol–water partition coefficient (Wildman–Crippen LogP) is 4.25. The molecule has 3 unspecified atom stereocenters. The van der Waals surface area contributed by atoms with Gasteiger partial charge in [-0.1, -0.05) is 52.9 Å². The predicted molar refractivity (Wildman–Crippen MR) is 55.2 cm³/mol. The molecule has 0 heterocycles. The van der Waals surface area contributed by atoms with Crippen LogP contribution in [0.1, 0.15) is 59.3 Å². The Balaban J connectivity index is 2.21. The molecule has 3 atom stereocenters. The normalized spacial score (nSPS) is 36.8. The van der Waals surface area contributed by atoms with Crippen molar-refractivity contribution in [2.24, 2.45) is 17.8 Å². The molecule has 1 fully saturated rings. The van der Waals surface area contributed by atoms with Crippen molar-refractivity contribution in [3.8, 4) is 0 Å². The average molecular weight is 168 g/mol. The summed E-state index contributed by atoms with van der Waals surface area (Å²) in [4.78, 5) is 0. The fourth-order valence-corrected chi connectivity index (χ4v) is 2.41. The fourth-order valence-electron chi connectivity index (χ4n) is 2.41. The lowest BCUT2D eigenvalue weighted by atomic mass is 9.74. The molecule has 0 aromatic carbocycles. The van der Waals surface area contributed by atoms with E-state index in [1.807, 2.05) is 0 Å². The summed E-state index contributed by atoms with van der Waals surface area (Å²) in [5.74, 6) is 3.04. The highest BCUT2D eigenvalue weighted by Crippen LogP contribution is 2.35. The van der Waals surface area contributed by atoms with Gasteiger partial charge in [0.15, 0.2) is 0 Å². The molecule has 72 valence electrons. The smallest absolute Gasteiger partial charge is 0.0412 e. The summed E-state index contributed by atoms with van der Waals surface area (Å²) < 4.78 is 0. The quantitative estimate of drug-likeness (QED) is 0.591. The Morgan fingerprint density at radius 1 is 1.08 bits per heavy atom. The number of rotatable bonds is 3. The molecule has 0 amide bonds. The van der Waals surface area contributed by atoms with E-state index in [1.165, 1.54) is 38.5 Å². The third-order valence-electron chi connectivity index (χ3n) is 3.67. The summed E-state index contributed by atoms with van der Waals surface area (Å²) in [5.41, 5.74) is 0. The van der Waals surface area contributed by atoms with E-state index in [4.69, 9.17) is 0 Å². The first-order valence-electron chi connectivity index (χ1n) is 5.74. The van der Waals surface area contributed by atoms with E-state index in [0.29, 0.717) is 0 Å². The second-order valence-electron chi connectivity index (χ2n) is 4.78. The van der Waals surface area contributed by atoms with Crippen molar-refractivity contribution in [3.63, 3.8) is 0 Å². The van der Waals surface area contributed by atoms with E-state index in [9.17, 15) is 0 Å². The first-order valence-corrected chi connectivity index (χ1v) is 5.74. The Labute approximate surface area is 77.7 Å². The van der Waals surface area contributed by atoms with Crippen LogP contribution in [0.2, 0.25) is 0 Å². The van der Waals surface area contributed by atoms with E-state index in [0.717, 1.165) is 17.8 Å². The van der Waals surface area contributed by atoms with Crippen LogP contribution in [0.5, 0.6) is 0 Å². The molecule has 12 heavy (non-hydrogen) atoms. The second kappa shape index (κ2) is 4.89. The molecule has 0 radical (unpaired) electrons. The van der Waals surface area contributed by atoms with Crippen molar-refractivity contribution in [2.75, 3.05) is 0 Å². The molecule has 0 N–H and O–H groups in total. The van der Waals surface area contributed by atoms with Gasteiger partial charge < -0.3 is 0 Å². The van der Waals surface area contributed by atoms with Crippen LogP contribution >= 0.6 is 0 Å². The number of unbranched alkanes of at least 4 members (excludes halogenated alkanes) is 1. The molecule has 1 aliphatic rings. The highest BCUT2D eigenvalue weighted by molar-refractivity contribution is 4.74. The van der Waals surface area contributed by atoms with E-state index in [2.05, 4.69) is 20.8 Å². The molecule has 0 bridgehead atoms. The largest absolute Gasteiger partial charge is 0.0654 e. The summed E-state index contributed by atoms with van der Waals surface area (Å²) in [5, 5.41) is 0. The van der Waals surface area contributed by atoms with Crippen LogP contribution in [0.3, 0.4) is 0 Å². The van der Waals surface area contributed by atoms with E-state index in [1.54, 1.807) is 0 Å². The van der Waals surface area contributed by atoms with Gasteiger partial charge in [-0.05, 0) is 24.2 Å². The maximum atomic E-state index is 2.43. The molecule has 0 aromatic rings. The zero-order chi connectivity index (χ0) is 8.97. The van der Waals surface area contributed by atoms with Crippen molar-refractivity contribution in [1.29, 1.82) is 0 Å². The van der Waals surface area contributed by atoms with Gasteiger partial charge in [0, 0.05) is 0 Å². The Bertz CT molecular complexity index is 115. The Morgan fingerprint density at radius 2 is 1.83 bits per heavy atom. The first-order chi connectivity index (χ1) is 5.74. The third-order valence-corrected chi connectivity index (χ3v) is 3.67. The molecule has 1 saturated carbocycles. The van der Waals surface area contributed by atoms with Gasteiger partial charge in [0.25, 0.3) is 0 Å².